The monoisotopic (exact) mass is 230 g/mol. The molecule has 0 amide bonds. The van der Waals surface area contributed by atoms with Gasteiger partial charge in [0.25, 0.3) is 0 Å². The third-order valence-electron chi connectivity index (χ3n) is 2.96. The Morgan fingerprint density at radius 2 is 1.94 bits per heavy atom. The van der Waals surface area contributed by atoms with E-state index in [4.69, 9.17) is 5.26 Å². The summed E-state index contributed by atoms with van der Waals surface area (Å²) in [6.45, 7) is 8.62. The van der Waals surface area contributed by atoms with Gasteiger partial charge in [-0.25, -0.2) is 0 Å². The number of hydrogen-bond acceptors (Lipinski definition) is 2. The van der Waals surface area contributed by atoms with Gasteiger partial charge in [0.15, 0.2) is 0 Å². The summed E-state index contributed by atoms with van der Waals surface area (Å²) in [6, 6.07) is 8.63. The van der Waals surface area contributed by atoms with Crippen LogP contribution in [-0.2, 0) is 0 Å². The molecule has 1 N–H and O–H groups in total. The van der Waals surface area contributed by atoms with E-state index in [0.717, 1.165) is 29.2 Å². The first-order valence-corrected chi connectivity index (χ1v) is 6.30. The molecule has 92 valence electrons. The number of nitriles is 1. The number of hydrogen-bond donors (Lipinski definition) is 1. The van der Waals surface area contributed by atoms with Gasteiger partial charge in [-0.15, -0.1) is 0 Å². The van der Waals surface area contributed by atoms with Gasteiger partial charge in [0.1, 0.15) is 6.07 Å². The lowest BCUT2D eigenvalue weighted by Gasteiger charge is -2.17. The highest BCUT2D eigenvalue weighted by Crippen LogP contribution is 2.20. The van der Waals surface area contributed by atoms with E-state index in [2.05, 4.69) is 32.2 Å². The first-order valence-electron chi connectivity index (χ1n) is 6.30. The van der Waals surface area contributed by atoms with Crippen LogP contribution in [0.15, 0.2) is 18.2 Å². The lowest BCUT2D eigenvalue weighted by Crippen LogP contribution is -2.16. The molecular formula is C15H22N2. The van der Waals surface area contributed by atoms with Gasteiger partial charge in [0, 0.05) is 6.04 Å². The van der Waals surface area contributed by atoms with Crippen molar-refractivity contribution in [2.45, 2.75) is 46.6 Å². The molecule has 2 heteroatoms. The predicted octanol–water partition coefficient (Wildman–Crippen LogP) is 4.10. The standard InChI is InChI=1S/C15H22N2/c1-11(2)8-9-13(4)17-15-7-5-6-12(3)14(15)10-16/h5-7,11,13,17H,8-9H2,1-4H3. The highest BCUT2D eigenvalue weighted by Gasteiger charge is 2.08. The topological polar surface area (TPSA) is 35.8 Å². The molecule has 1 aromatic carbocycles. The molecule has 0 saturated carbocycles. The van der Waals surface area contributed by atoms with Crippen molar-refractivity contribution in [1.82, 2.24) is 0 Å². The molecule has 0 radical (unpaired) electrons. The van der Waals surface area contributed by atoms with Crippen LogP contribution in [0.3, 0.4) is 0 Å². The molecule has 1 rings (SSSR count). The molecule has 0 heterocycles. The smallest absolute Gasteiger partial charge is 0.102 e. The summed E-state index contributed by atoms with van der Waals surface area (Å²) in [7, 11) is 0. The summed E-state index contributed by atoms with van der Waals surface area (Å²) in [6.07, 6.45) is 2.35. The summed E-state index contributed by atoms with van der Waals surface area (Å²) in [5, 5.41) is 12.6. The Bertz CT molecular complexity index is 402. The first kappa shape index (κ1) is 13.6. The Balaban J connectivity index is 2.69. The lowest BCUT2D eigenvalue weighted by molar-refractivity contribution is 0.527. The number of rotatable bonds is 5. The fourth-order valence-electron chi connectivity index (χ4n) is 1.86. The Labute approximate surface area is 105 Å². The first-order chi connectivity index (χ1) is 8.04. The average Bonchev–Trinajstić information content (AvgIpc) is 2.27. The zero-order valence-electron chi connectivity index (χ0n) is 11.2. The fourth-order valence-corrected chi connectivity index (χ4v) is 1.86. The Morgan fingerprint density at radius 3 is 2.53 bits per heavy atom. The van der Waals surface area contributed by atoms with Crippen LogP contribution in [0, 0.1) is 24.2 Å². The van der Waals surface area contributed by atoms with Gasteiger partial charge in [-0.05, 0) is 44.2 Å². The number of anilines is 1. The maximum Gasteiger partial charge on any atom is 0.102 e. The van der Waals surface area contributed by atoms with E-state index in [1.54, 1.807) is 0 Å². The Morgan fingerprint density at radius 1 is 1.24 bits per heavy atom. The molecule has 0 aliphatic rings. The third-order valence-corrected chi connectivity index (χ3v) is 2.96. The number of nitrogens with zero attached hydrogens (tertiary/aromatic N) is 1. The molecule has 0 saturated heterocycles. The van der Waals surface area contributed by atoms with Gasteiger partial charge in [0.05, 0.1) is 11.3 Å². The van der Waals surface area contributed by atoms with Crippen LogP contribution in [0.1, 0.15) is 44.7 Å². The summed E-state index contributed by atoms with van der Waals surface area (Å²) in [5.74, 6) is 0.729. The van der Waals surface area contributed by atoms with Gasteiger partial charge in [-0.1, -0.05) is 26.0 Å². The second kappa shape index (κ2) is 6.30. The maximum absolute atomic E-state index is 9.14. The fraction of sp³-hybridized carbons (Fsp3) is 0.533. The van der Waals surface area contributed by atoms with Crippen molar-refractivity contribution in [2.24, 2.45) is 5.92 Å². The van der Waals surface area contributed by atoms with Crippen LogP contribution in [-0.4, -0.2) is 6.04 Å². The van der Waals surface area contributed by atoms with Crippen molar-refractivity contribution < 1.29 is 0 Å². The zero-order valence-corrected chi connectivity index (χ0v) is 11.2. The van der Waals surface area contributed by atoms with E-state index >= 15 is 0 Å². The molecule has 0 aliphatic heterocycles. The average molecular weight is 230 g/mol. The van der Waals surface area contributed by atoms with E-state index < -0.39 is 0 Å². The largest absolute Gasteiger partial charge is 0.382 e. The van der Waals surface area contributed by atoms with E-state index in [1.165, 1.54) is 6.42 Å². The number of nitrogens with one attached hydrogen (secondary N) is 1. The van der Waals surface area contributed by atoms with E-state index in [0.29, 0.717) is 6.04 Å². The Kier molecular flexibility index (Phi) is 5.03. The van der Waals surface area contributed by atoms with E-state index in [1.807, 2.05) is 25.1 Å². The summed E-state index contributed by atoms with van der Waals surface area (Å²) in [4.78, 5) is 0. The van der Waals surface area contributed by atoms with Crippen LogP contribution in [0.4, 0.5) is 5.69 Å². The van der Waals surface area contributed by atoms with Crippen molar-refractivity contribution in [3.63, 3.8) is 0 Å². The maximum atomic E-state index is 9.14. The Hall–Kier alpha value is -1.49. The molecule has 1 atom stereocenters. The number of aryl methyl sites for hydroxylation is 1. The van der Waals surface area contributed by atoms with Crippen LogP contribution in [0.25, 0.3) is 0 Å². The van der Waals surface area contributed by atoms with Crippen LogP contribution in [0.2, 0.25) is 0 Å². The van der Waals surface area contributed by atoms with Crippen molar-refractivity contribution >= 4 is 5.69 Å². The van der Waals surface area contributed by atoms with Crippen molar-refractivity contribution in [3.05, 3.63) is 29.3 Å². The van der Waals surface area contributed by atoms with Crippen LogP contribution >= 0.6 is 0 Å². The quantitative estimate of drug-likeness (QED) is 0.826. The predicted molar refractivity (Wildman–Crippen MR) is 73.1 cm³/mol. The molecule has 0 aliphatic carbocycles. The van der Waals surface area contributed by atoms with Gasteiger partial charge < -0.3 is 5.32 Å². The third kappa shape index (κ3) is 4.11. The van der Waals surface area contributed by atoms with Crippen LogP contribution < -0.4 is 5.32 Å². The SMILES string of the molecule is Cc1cccc(NC(C)CCC(C)C)c1C#N. The molecule has 0 spiro atoms. The molecule has 1 unspecified atom stereocenters. The van der Waals surface area contributed by atoms with Crippen LogP contribution in [0.5, 0.6) is 0 Å². The zero-order chi connectivity index (χ0) is 12.8. The van der Waals surface area contributed by atoms with E-state index in [-0.39, 0.29) is 0 Å². The summed E-state index contributed by atoms with van der Waals surface area (Å²) >= 11 is 0. The van der Waals surface area contributed by atoms with Gasteiger partial charge >= 0.3 is 0 Å². The molecule has 17 heavy (non-hydrogen) atoms. The minimum absolute atomic E-state index is 0.409. The summed E-state index contributed by atoms with van der Waals surface area (Å²) < 4.78 is 0. The molecule has 0 fully saturated rings. The molecular weight excluding hydrogens is 208 g/mol. The van der Waals surface area contributed by atoms with E-state index in [9.17, 15) is 0 Å². The van der Waals surface area contributed by atoms with Crippen molar-refractivity contribution in [2.75, 3.05) is 5.32 Å². The second-order valence-electron chi connectivity index (χ2n) is 5.13. The number of benzene rings is 1. The van der Waals surface area contributed by atoms with Crippen molar-refractivity contribution in [3.8, 4) is 6.07 Å². The molecule has 1 aromatic rings. The minimum Gasteiger partial charge on any atom is -0.382 e. The van der Waals surface area contributed by atoms with Gasteiger partial charge in [-0.3, -0.25) is 0 Å². The summed E-state index contributed by atoms with van der Waals surface area (Å²) in [5.41, 5.74) is 2.77. The van der Waals surface area contributed by atoms with Crippen molar-refractivity contribution in [1.29, 1.82) is 5.26 Å². The molecule has 0 bridgehead atoms. The van der Waals surface area contributed by atoms with Gasteiger partial charge in [-0.2, -0.15) is 5.26 Å². The van der Waals surface area contributed by atoms with Gasteiger partial charge in [0.2, 0.25) is 0 Å². The highest BCUT2D eigenvalue weighted by atomic mass is 14.9. The second-order valence-corrected chi connectivity index (χ2v) is 5.13. The lowest BCUT2D eigenvalue weighted by atomic mass is 10.0. The normalized spacial score (nSPS) is 12.2. The minimum atomic E-state index is 0.409. The molecule has 2 nitrogen and oxygen atoms in total. The molecule has 0 aromatic heterocycles. The highest BCUT2D eigenvalue weighted by molar-refractivity contribution is 5.60.